The molecule has 1 fully saturated rings. The van der Waals surface area contributed by atoms with E-state index >= 15 is 0 Å². The molecule has 0 N–H and O–H groups in total. The number of nitrogens with zero attached hydrogens (tertiary/aromatic N) is 5. The van der Waals surface area contributed by atoms with Gasteiger partial charge < -0.3 is 9.47 Å². The highest BCUT2D eigenvalue weighted by atomic mass is 16.2. The summed E-state index contributed by atoms with van der Waals surface area (Å²) < 4.78 is 4.14. The Balaban J connectivity index is 1.60. The van der Waals surface area contributed by atoms with Crippen molar-refractivity contribution in [3.63, 3.8) is 0 Å². The van der Waals surface area contributed by atoms with E-state index in [9.17, 15) is 4.79 Å². The van der Waals surface area contributed by atoms with Crippen LogP contribution in [0.1, 0.15) is 68.7 Å². The minimum atomic E-state index is -0.244. The molecular weight excluding hydrogens is 326 g/mol. The van der Waals surface area contributed by atoms with Gasteiger partial charge in [-0.1, -0.05) is 13.3 Å². The first-order valence-corrected chi connectivity index (χ1v) is 9.83. The fraction of sp³-hybridized carbons (Fsp3) is 0.650. The first-order valence-electron chi connectivity index (χ1n) is 9.83. The lowest BCUT2D eigenvalue weighted by Crippen LogP contribution is -2.42. The fourth-order valence-electron chi connectivity index (χ4n) is 3.96. The van der Waals surface area contributed by atoms with E-state index in [1.807, 2.05) is 42.6 Å². The lowest BCUT2D eigenvalue weighted by atomic mass is 9.95. The number of likely N-dealkylation sites (tertiary alicyclic amines) is 1. The van der Waals surface area contributed by atoms with Crippen LogP contribution in [0.3, 0.4) is 0 Å². The summed E-state index contributed by atoms with van der Waals surface area (Å²) in [5, 5.41) is 4.48. The third kappa shape index (κ3) is 3.84. The Morgan fingerprint density at radius 2 is 2.04 bits per heavy atom. The average Bonchev–Trinajstić information content (AvgIpc) is 3.24. The fourth-order valence-corrected chi connectivity index (χ4v) is 3.96. The first kappa shape index (κ1) is 18.7. The Morgan fingerprint density at radius 1 is 1.31 bits per heavy atom. The van der Waals surface area contributed by atoms with E-state index in [1.54, 1.807) is 0 Å². The molecule has 6 heteroatoms. The van der Waals surface area contributed by atoms with E-state index in [1.165, 1.54) is 18.7 Å². The van der Waals surface area contributed by atoms with Crippen LogP contribution in [0.2, 0.25) is 0 Å². The average molecular weight is 358 g/mol. The Labute approximate surface area is 156 Å². The SMILES string of the molecule is CCCCn1ccnc1C1CCN(C(=O)C(C)n2nc(C)cc2C)CC1. The second-order valence-corrected chi connectivity index (χ2v) is 7.48. The zero-order valence-corrected chi connectivity index (χ0v) is 16.5. The molecule has 0 saturated carbocycles. The molecule has 0 spiro atoms. The van der Waals surface area contributed by atoms with E-state index < -0.39 is 0 Å². The van der Waals surface area contributed by atoms with Crippen LogP contribution in [0.25, 0.3) is 0 Å². The number of rotatable bonds is 6. The van der Waals surface area contributed by atoms with Gasteiger partial charge in [-0.05, 0) is 46.1 Å². The third-order valence-corrected chi connectivity index (χ3v) is 5.44. The molecule has 3 heterocycles. The van der Waals surface area contributed by atoms with Gasteiger partial charge in [-0.25, -0.2) is 4.98 Å². The van der Waals surface area contributed by atoms with Crippen LogP contribution in [-0.4, -0.2) is 43.2 Å². The van der Waals surface area contributed by atoms with E-state index in [2.05, 4.69) is 27.8 Å². The van der Waals surface area contributed by atoms with Gasteiger partial charge in [-0.2, -0.15) is 5.10 Å². The second-order valence-electron chi connectivity index (χ2n) is 7.48. The molecule has 1 amide bonds. The maximum Gasteiger partial charge on any atom is 0.247 e. The minimum Gasteiger partial charge on any atom is -0.341 e. The Bertz CT molecular complexity index is 739. The van der Waals surface area contributed by atoms with Gasteiger partial charge in [-0.3, -0.25) is 9.48 Å². The van der Waals surface area contributed by atoms with E-state index in [0.29, 0.717) is 5.92 Å². The summed E-state index contributed by atoms with van der Waals surface area (Å²) in [4.78, 5) is 19.5. The summed E-state index contributed by atoms with van der Waals surface area (Å²) in [5.41, 5.74) is 2.00. The molecule has 6 nitrogen and oxygen atoms in total. The van der Waals surface area contributed by atoms with Crippen LogP contribution < -0.4 is 0 Å². The van der Waals surface area contributed by atoms with Crippen molar-refractivity contribution in [3.05, 3.63) is 35.7 Å². The molecule has 3 rings (SSSR count). The predicted molar refractivity (Wildman–Crippen MR) is 102 cm³/mol. The van der Waals surface area contributed by atoms with Crippen LogP contribution in [0.4, 0.5) is 0 Å². The molecule has 2 aromatic heterocycles. The van der Waals surface area contributed by atoms with Crippen molar-refractivity contribution in [2.75, 3.05) is 13.1 Å². The van der Waals surface area contributed by atoms with Crippen LogP contribution >= 0.6 is 0 Å². The Kier molecular flexibility index (Phi) is 5.79. The molecular formula is C20H31N5O. The lowest BCUT2D eigenvalue weighted by molar-refractivity contribution is -0.135. The van der Waals surface area contributed by atoms with Crippen molar-refractivity contribution in [1.82, 2.24) is 24.2 Å². The highest BCUT2D eigenvalue weighted by Crippen LogP contribution is 2.28. The van der Waals surface area contributed by atoms with Crippen molar-refractivity contribution < 1.29 is 4.79 Å². The summed E-state index contributed by atoms with van der Waals surface area (Å²) in [5.74, 6) is 1.82. The van der Waals surface area contributed by atoms with Crippen molar-refractivity contribution in [2.24, 2.45) is 0 Å². The summed E-state index contributed by atoms with van der Waals surface area (Å²) in [6, 6.07) is 1.78. The number of unbranched alkanes of at least 4 members (excludes halogenated alkanes) is 1. The minimum absolute atomic E-state index is 0.170. The van der Waals surface area contributed by atoms with Crippen LogP contribution in [0, 0.1) is 13.8 Å². The lowest BCUT2D eigenvalue weighted by Gasteiger charge is -2.33. The number of carbonyl (C=O) groups is 1. The molecule has 0 aliphatic carbocycles. The third-order valence-electron chi connectivity index (χ3n) is 5.44. The molecule has 1 saturated heterocycles. The molecule has 0 bridgehead atoms. The summed E-state index contributed by atoms with van der Waals surface area (Å²) >= 11 is 0. The van der Waals surface area contributed by atoms with Crippen molar-refractivity contribution >= 4 is 5.91 Å². The van der Waals surface area contributed by atoms with E-state index in [4.69, 9.17) is 0 Å². The maximum absolute atomic E-state index is 12.9. The molecule has 142 valence electrons. The highest BCUT2D eigenvalue weighted by Gasteiger charge is 2.29. The molecule has 2 aromatic rings. The zero-order valence-electron chi connectivity index (χ0n) is 16.5. The highest BCUT2D eigenvalue weighted by molar-refractivity contribution is 5.80. The number of amides is 1. The van der Waals surface area contributed by atoms with Gasteiger partial charge in [0.2, 0.25) is 5.91 Å². The molecule has 26 heavy (non-hydrogen) atoms. The number of carbonyl (C=O) groups excluding carboxylic acids is 1. The quantitative estimate of drug-likeness (QED) is 0.795. The first-order chi connectivity index (χ1) is 12.5. The van der Waals surface area contributed by atoms with Gasteiger partial charge in [0.25, 0.3) is 0 Å². The number of aryl methyl sites for hydroxylation is 3. The molecule has 1 unspecified atom stereocenters. The Morgan fingerprint density at radius 3 is 2.65 bits per heavy atom. The standard InChI is InChI=1S/C20H31N5O/c1-5-6-10-23-13-9-21-19(23)18-7-11-24(12-8-18)20(26)17(4)25-16(3)14-15(2)22-25/h9,13-14,17-18H,5-8,10-12H2,1-4H3. The topological polar surface area (TPSA) is 56.0 Å². The van der Waals surface area contributed by atoms with Crippen LogP contribution in [-0.2, 0) is 11.3 Å². The van der Waals surface area contributed by atoms with Gasteiger partial charge >= 0.3 is 0 Å². The van der Waals surface area contributed by atoms with Gasteiger partial charge in [-0.15, -0.1) is 0 Å². The number of hydrogen-bond donors (Lipinski definition) is 0. The van der Waals surface area contributed by atoms with Crippen LogP contribution in [0.5, 0.6) is 0 Å². The zero-order chi connectivity index (χ0) is 18.7. The van der Waals surface area contributed by atoms with Gasteiger partial charge in [0.1, 0.15) is 11.9 Å². The maximum atomic E-state index is 12.9. The van der Waals surface area contributed by atoms with E-state index in [0.717, 1.165) is 43.9 Å². The van der Waals surface area contributed by atoms with Gasteiger partial charge in [0.05, 0.1) is 5.69 Å². The molecule has 1 atom stereocenters. The number of aromatic nitrogens is 4. The van der Waals surface area contributed by atoms with E-state index in [-0.39, 0.29) is 11.9 Å². The monoisotopic (exact) mass is 357 g/mol. The van der Waals surface area contributed by atoms with Crippen molar-refractivity contribution in [3.8, 4) is 0 Å². The molecule has 1 aliphatic heterocycles. The number of imidazole rings is 1. The smallest absolute Gasteiger partial charge is 0.247 e. The summed E-state index contributed by atoms with van der Waals surface area (Å²) in [7, 11) is 0. The van der Waals surface area contributed by atoms with Gasteiger partial charge in [0.15, 0.2) is 0 Å². The number of piperidine rings is 1. The largest absolute Gasteiger partial charge is 0.341 e. The Hall–Kier alpha value is -2.11. The summed E-state index contributed by atoms with van der Waals surface area (Å²) in [6.45, 7) is 10.8. The van der Waals surface area contributed by atoms with Gasteiger partial charge in [0, 0.05) is 43.6 Å². The second kappa shape index (κ2) is 8.06. The van der Waals surface area contributed by atoms with Crippen LogP contribution in [0.15, 0.2) is 18.5 Å². The normalized spacial score (nSPS) is 16.8. The predicted octanol–water partition coefficient (Wildman–Crippen LogP) is 3.46. The molecule has 1 aliphatic rings. The summed E-state index contributed by atoms with van der Waals surface area (Å²) in [6.07, 6.45) is 8.34. The number of hydrogen-bond acceptors (Lipinski definition) is 3. The molecule has 0 radical (unpaired) electrons. The van der Waals surface area contributed by atoms with Crippen molar-refractivity contribution in [2.45, 2.75) is 71.9 Å². The molecule has 0 aromatic carbocycles. The van der Waals surface area contributed by atoms with Crippen molar-refractivity contribution in [1.29, 1.82) is 0 Å².